The van der Waals surface area contributed by atoms with Gasteiger partial charge in [-0.3, -0.25) is 9.69 Å². The van der Waals surface area contributed by atoms with E-state index in [1.165, 1.54) is 5.56 Å². The first kappa shape index (κ1) is 16.5. The molecule has 24 heavy (non-hydrogen) atoms. The smallest absolute Gasteiger partial charge is 0.253 e. The highest BCUT2D eigenvalue weighted by atomic mass is 16.3. The average Bonchev–Trinajstić information content (AvgIpc) is 2.63. The van der Waals surface area contributed by atoms with Crippen LogP contribution in [0.4, 0.5) is 0 Å². The fourth-order valence-electron chi connectivity index (χ4n) is 2.90. The highest BCUT2D eigenvalue weighted by Gasteiger charge is 2.22. The standard InChI is InChI=1S/C19H22N2O3/c22-14-16-3-1-15(2-4-16)13-20-9-11-21(12-10-20)19(24)17-5-7-18(23)8-6-17/h1-8,22-23H,9-14H2. The topological polar surface area (TPSA) is 64.0 Å². The Hall–Kier alpha value is -2.37. The average molecular weight is 326 g/mol. The number of hydrogen-bond donors (Lipinski definition) is 2. The third-order valence-electron chi connectivity index (χ3n) is 4.39. The van der Waals surface area contributed by atoms with Crippen molar-refractivity contribution in [2.75, 3.05) is 26.2 Å². The number of phenolic OH excluding ortho intramolecular Hbond substituents is 1. The Bertz CT molecular complexity index is 675. The number of phenols is 1. The summed E-state index contributed by atoms with van der Waals surface area (Å²) in [5.41, 5.74) is 2.74. The number of hydrogen-bond acceptors (Lipinski definition) is 4. The number of amides is 1. The van der Waals surface area contributed by atoms with E-state index in [-0.39, 0.29) is 18.3 Å². The Morgan fingerprint density at radius 2 is 1.46 bits per heavy atom. The van der Waals surface area contributed by atoms with Crippen LogP contribution in [-0.4, -0.2) is 52.1 Å². The number of benzene rings is 2. The van der Waals surface area contributed by atoms with Gasteiger partial charge < -0.3 is 15.1 Å². The highest BCUT2D eigenvalue weighted by Crippen LogP contribution is 2.15. The van der Waals surface area contributed by atoms with Crippen LogP contribution in [0.5, 0.6) is 5.75 Å². The number of carbonyl (C=O) groups excluding carboxylic acids is 1. The molecule has 0 atom stereocenters. The highest BCUT2D eigenvalue weighted by molar-refractivity contribution is 5.94. The van der Waals surface area contributed by atoms with Gasteiger partial charge in [-0.25, -0.2) is 0 Å². The lowest BCUT2D eigenvalue weighted by Gasteiger charge is -2.34. The van der Waals surface area contributed by atoms with Gasteiger partial charge in [-0.05, 0) is 35.4 Å². The molecule has 2 aromatic carbocycles. The first-order valence-corrected chi connectivity index (χ1v) is 8.15. The molecule has 1 amide bonds. The van der Waals surface area contributed by atoms with E-state index in [0.29, 0.717) is 18.7 Å². The van der Waals surface area contributed by atoms with Crippen LogP contribution in [0, 0.1) is 0 Å². The van der Waals surface area contributed by atoms with Crippen molar-refractivity contribution in [1.82, 2.24) is 9.80 Å². The zero-order chi connectivity index (χ0) is 16.9. The first-order valence-electron chi connectivity index (χ1n) is 8.15. The summed E-state index contributed by atoms with van der Waals surface area (Å²) < 4.78 is 0. The van der Waals surface area contributed by atoms with Gasteiger partial charge in [-0.1, -0.05) is 24.3 Å². The summed E-state index contributed by atoms with van der Waals surface area (Å²) in [6, 6.07) is 14.4. The molecule has 0 spiro atoms. The van der Waals surface area contributed by atoms with Crippen LogP contribution in [0.1, 0.15) is 21.5 Å². The molecule has 0 aromatic heterocycles. The molecule has 1 aliphatic rings. The summed E-state index contributed by atoms with van der Waals surface area (Å²) in [6.07, 6.45) is 0. The summed E-state index contributed by atoms with van der Waals surface area (Å²) in [7, 11) is 0. The van der Waals surface area contributed by atoms with E-state index in [1.54, 1.807) is 24.3 Å². The largest absolute Gasteiger partial charge is 0.508 e. The Balaban J connectivity index is 1.53. The van der Waals surface area contributed by atoms with Gasteiger partial charge in [0.15, 0.2) is 0 Å². The van der Waals surface area contributed by atoms with Crippen molar-refractivity contribution in [1.29, 1.82) is 0 Å². The molecule has 1 fully saturated rings. The van der Waals surface area contributed by atoms with Crippen LogP contribution < -0.4 is 0 Å². The predicted octanol–water partition coefficient (Wildman–Crippen LogP) is 1.84. The number of carbonyl (C=O) groups is 1. The maximum absolute atomic E-state index is 12.4. The first-order chi connectivity index (χ1) is 11.7. The molecule has 1 saturated heterocycles. The van der Waals surface area contributed by atoms with Gasteiger partial charge in [-0.15, -0.1) is 0 Å². The molecule has 2 aromatic rings. The normalized spacial score (nSPS) is 15.5. The monoisotopic (exact) mass is 326 g/mol. The van der Waals surface area contributed by atoms with Gasteiger partial charge in [0, 0.05) is 38.3 Å². The van der Waals surface area contributed by atoms with Crippen molar-refractivity contribution in [3.05, 3.63) is 65.2 Å². The predicted molar refractivity (Wildman–Crippen MR) is 91.7 cm³/mol. The van der Waals surface area contributed by atoms with Crippen molar-refractivity contribution in [2.45, 2.75) is 13.2 Å². The maximum atomic E-state index is 12.4. The minimum Gasteiger partial charge on any atom is -0.508 e. The molecule has 5 nitrogen and oxygen atoms in total. The molecular formula is C19H22N2O3. The van der Waals surface area contributed by atoms with Gasteiger partial charge in [0.1, 0.15) is 5.75 Å². The molecule has 1 aliphatic heterocycles. The van der Waals surface area contributed by atoms with E-state index in [1.807, 2.05) is 29.2 Å². The Morgan fingerprint density at radius 3 is 2.04 bits per heavy atom. The summed E-state index contributed by atoms with van der Waals surface area (Å²) in [5, 5.41) is 18.4. The third kappa shape index (κ3) is 3.93. The lowest BCUT2D eigenvalue weighted by Crippen LogP contribution is -2.48. The van der Waals surface area contributed by atoms with Crippen molar-refractivity contribution in [2.24, 2.45) is 0 Å². The van der Waals surface area contributed by atoms with Gasteiger partial charge in [0.2, 0.25) is 0 Å². The number of aromatic hydroxyl groups is 1. The van der Waals surface area contributed by atoms with Crippen LogP contribution in [0.2, 0.25) is 0 Å². The molecule has 3 rings (SSSR count). The van der Waals surface area contributed by atoms with Crippen molar-refractivity contribution < 1.29 is 15.0 Å². The maximum Gasteiger partial charge on any atom is 0.253 e. The van der Waals surface area contributed by atoms with Crippen LogP contribution >= 0.6 is 0 Å². The number of nitrogens with zero attached hydrogens (tertiary/aromatic N) is 2. The fraction of sp³-hybridized carbons (Fsp3) is 0.316. The SMILES string of the molecule is O=C(c1ccc(O)cc1)N1CCN(Cc2ccc(CO)cc2)CC1. The van der Waals surface area contributed by atoms with Crippen molar-refractivity contribution in [3.8, 4) is 5.75 Å². The van der Waals surface area contributed by atoms with Gasteiger partial charge >= 0.3 is 0 Å². The summed E-state index contributed by atoms with van der Waals surface area (Å²) >= 11 is 0. The summed E-state index contributed by atoms with van der Waals surface area (Å²) in [6.45, 7) is 4.01. The summed E-state index contributed by atoms with van der Waals surface area (Å²) in [5.74, 6) is 0.186. The third-order valence-corrected chi connectivity index (χ3v) is 4.39. The van der Waals surface area contributed by atoms with Crippen molar-refractivity contribution >= 4 is 5.91 Å². The van der Waals surface area contributed by atoms with Gasteiger partial charge in [0.05, 0.1) is 6.61 Å². The molecule has 1 heterocycles. The van der Waals surface area contributed by atoms with E-state index >= 15 is 0 Å². The second-order valence-corrected chi connectivity index (χ2v) is 6.09. The molecule has 5 heteroatoms. The number of rotatable bonds is 4. The Morgan fingerprint density at radius 1 is 0.875 bits per heavy atom. The molecular weight excluding hydrogens is 304 g/mol. The molecule has 0 bridgehead atoms. The Labute approximate surface area is 141 Å². The molecule has 0 aliphatic carbocycles. The van der Waals surface area contributed by atoms with Crippen LogP contribution in [0.15, 0.2) is 48.5 Å². The molecule has 0 unspecified atom stereocenters. The van der Waals surface area contributed by atoms with E-state index < -0.39 is 0 Å². The molecule has 0 saturated carbocycles. The minimum atomic E-state index is 0.0157. The quantitative estimate of drug-likeness (QED) is 0.900. The summed E-state index contributed by atoms with van der Waals surface area (Å²) in [4.78, 5) is 16.6. The van der Waals surface area contributed by atoms with E-state index in [4.69, 9.17) is 5.11 Å². The van der Waals surface area contributed by atoms with E-state index in [9.17, 15) is 9.90 Å². The second-order valence-electron chi connectivity index (χ2n) is 6.09. The van der Waals surface area contributed by atoms with Crippen molar-refractivity contribution in [3.63, 3.8) is 0 Å². The van der Waals surface area contributed by atoms with Gasteiger partial charge in [-0.2, -0.15) is 0 Å². The van der Waals surface area contributed by atoms with Crippen LogP contribution in [0.3, 0.4) is 0 Å². The van der Waals surface area contributed by atoms with Gasteiger partial charge in [0.25, 0.3) is 5.91 Å². The van der Waals surface area contributed by atoms with E-state index in [0.717, 1.165) is 25.2 Å². The lowest BCUT2D eigenvalue weighted by atomic mass is 10.1. The molecule has 2 N–H and O–H groups in total. The van der Waals surface area contributed by atoms with Crippen LogP contribution in [0.25, 0.3) is 0 Å². The fourth-order valence-corrected chi connectivity index (χ4v) is 2.90. The Kier molecular flexibility index (Phi) is 5.13. The lowest BCUT2D eigenvalue weighted by molar-refractivity contribution is 0.0628. The minimum absolute atomic E-state index is 0.0157. The zero-order valence-electron chi connectivity index (χ0n) is 13.6. The number of aliphatic hydroxyl groups excluding tert-OH is 1. The molecule has 0 radical (unpaired) electrons. The second kappa shape index (κ2) is 7.47. The zero-order valence-corrected chi connectivity index (χ0v) is 13.6. The van der Waals surface area contributed by atoms with E-state index in [2.05, 4.69) is 4.90 Å². The number of piperazine rings is 1. The number of aliphatic hydroxyl groups is 1. The molecule has 126 valence electrons. The van der Waals surface area contributed by atoms with Crippen LogP contribution in [-0.2, 0) is 13.2 Å².